The van der Waals surface area contributed by atoms with Crippen LogP contribution < -0.4 is 14.8 Å². The summed E-state index contributed by atoms with van der Waals surface area (Å²) in [4.78, 5) is 29.9. The lowest BCUT2D eigenvalue weighted by molar-refractivity contribution is -0.131. The second-order valence-electron chi connectivity index (χ2n) is 8.39. The zero-order valence-electron chi connectivity index (χ0n) is 16.9. The third-order valence-electron chi connectivity index (χ3n) is 5.61. The molecule has 3 aliphatic heterocycles. The van der Waals surface area contributed by atoms with Gasteiger partial charge >= 0.3 is 6.03 Å². The van der Waals surface area contributed by atoms with E-state index in [1.807, 2.05) is 12.1 Å². The Morgan fingerprint density at radius 1 is 1.07 bits per heavy atom. The quantitative estimate of drug-likeness (QED) is 0.655. The fourth-order valence-corrected chi connectivity index (χ4v) is 3.98. The van der Waals surface area contributed by atoms with Crippen LogP contribution in [0.3, 0.4) is 0 Å². The molecule has 0 aliphatic carbocycles. The molecule has 0 spiro atoms. The van der Waals surface area contributed by atoms with Gasteiger partial charge in [-0.05, 0) is 31.5 Å². The van der Waals surface area contributed by atoms with Crippen LogP contribution in [-0.2, 0) is 11.3 Å². The largest absolute Gasteiger partial charge is 0.454 e. The number of carbonyl (C=O) groups excluding carboxylic acids is 2. The molecule has 1 aromatic carbocycles. The first-order chi connectivity index (χ1) is 13.8. The van der Waals surface area contributed by atoms with E-state index in [1.54, 1.807) is 13.8 Å². The fraction of sp³-hybridized carbons (Fsp3) is 0.600. The van der Waals surface area contributed by atoms with Crippen LogP contribution in [0.2, 0.25) is 0 Å². The van der Waals surface area contributed by atoms with Gasteiger partial charge in [-0.15, -0.1) is 0 Å². The number of amides is 3. The standard InChI is InChI=1S/C20H28N4O5/c1-20(2)18(26)24(19(27)21-20)12-15(25)11-23-7-5-22(6-8-23)10-14-3-4-16-17(9-14)29-13-28-16/h3-4,9,15,25H,5-8,10-13H2,1-2H3,(H,21,27)/t15-/m1/s1. The molecule has 0 bridgehead atoms. The van der Waals surface area contributed by atoms with Crippen LogP contribution in [0.1, 0.15) is 19.4 Å². The SMILES string of the molecule is CC1(C)NC(=O)N(C[C@H](O)CN2CCN(Cc3ccc4c(c3)OCO4)CC2)C1=O. The highest BCUT2D eigenvalue weighted by molar-refractivity contribution is 6.06. The molecule has 3 aliphatic rings. The summed E-state index contributed by atoms with van der Waals surface area (Å²) < 4.78 is 10.8. The van der Waals surface area contributed by atoms with Crippen molar-refractivity contribution in [2.75, 3.05) is 46.1 Å². The number of piperazine rings is 1. The van der Waals surface area contributed by atoms with Gasteiger partial charge in [-0.2, -0.15) is 0 Å². The summed E-state index contributed by atoms with van der Waals surface area (Å²) in [6.07, 6.45) is -0.765. The summed E-state index contributed by atoms with van der Waals surface area (Å²) in [5.41, 5.74) is 0.279. The molecule has 0 radical (unpaired) electrons. The molecule has 1 atom stereocenters. The molecule has 3 heterocycles. The van der Waals surface area contributed by atoms with Crippen molar-refractivity contribution in [1.82, 2.24) is 20.0 Å². The van der Waals surface area contributed by atoms with Crippen molar-refractivity contribution < 1.29 is 24.2 Å². The lowest BCUT2D eigenvalue weighted by Crippen LogP contribution is -2.50. The van der Waals surface area contributed by atoms with Gasteiger partial charge in [0.25, 0.3) is 5.91 Å². The van der Waals surface area contributed by atoms with Gasteiger partial charge in [0.1, 0.15) is 5.54 Å². The molecule has 0 unspecified atom stereocenters. The summed E-state index contributed by atoms with van der Waals surface area (Å²) in [5, 5.41) is 13.0. The molecule has 29 heavy (non-hydrogen) atoms. The van der Waals surface area contributed by atoms with E-state index in [4.69, 9.17) is 9.47 Å². The number of hydrogen-bond donors (Lipinski definition) is 2. The van der Waals surface area contributed by atoms with Crippen LogP contribution in [0.15, 0.2) is 18.2 Å². The highest BCUT2D eigenvalue weighted by Crippen LogP contribution is 2.32. The summed E-state index contributed by atoms with van der Waals surface area (Å²) in [5.74, 6) is 1.30. The minimum Gasteiger partial charge on any atom is -0.454 e. The first-order valence-corrected chi connectivity index (χ1v) is 9.97. The molecule has 2 saturated heterocycles. The Hall–Kier alpha value is -2.36. The lowest BCUT2D eigenvalue weighted by Gasteiger charge is -2.36. The Labute approximate surface area is 170 Å². The third-order valence-corrected chi connectivity index (χ3v) is 5.61. The number of nitrogens with zero attached hydrogens (tertiary/aromatic N) is 3. The van der Waals surface area contributed by atoms with E-state index in [-0.39, 0.29) is 19.2 Å². The van der Waals surface area contributed by atoms with Crippen LogP contribution in [0.4, 0.5) is 4.79 Å². The predicted molar refractivity (Wildman–Crippen MR) is 105 cm³/mol. The van der Waals surface area contributed by atoms with E-state index >= 15 is 0 Å². The van der Waals surface area contributed by atoms with E-state index in [1.165, 1.54) is 5.56 Å². The highest BCUT2D eigenvalue weighted by atomic mass is 16.7. The number of benzene rings is 1. The average molecular weight is 404 g/mol. The Morgan fingerprint density at radius 2 is 1.76 bits per heavy atom. The van der Waals surface area contributed by atoms with Crippen LogP contribution in [0.5, 0.6) is 11.5 Å². The van der Waals surface area contributed by atoms with Crippen LogP contribution >= 0.6 is 0 Å². The molecular formula is C20H28N4O5. The third kappa shape index (κ3) is 4.31. The van der Waals surface area contributed by atoms with Crippen molar-refractivity contribution in [3.8, 4) is 11.5 Å². The summed E-state index contributed by atoms with van der Waals surface area (Å²) in [6.45, 7) is 8.33. The number of ether oxygens (including phenoxy) is 2. The average Bonchev–Trinajstić information content (AvgIpc) is 3.21. The van der Waals surface area contributed by atoms with Gasteiger partial charge in [0.05, 0.1) is 12.6 Å². The predicted octanol–water partition coefficient (Wildman–Crippen LogP) is 0.224. The molecule has 2 N–H and O–H groups in total. The van der Waals surface area contributed by atoms with Gasteiger partial charge in [0, 0.05) is 39.3 Å². The first-order valence-electron chi connectivity index (χ1n) is 9.97. The topological polar surface area (TPSA) is 94.6 Å². The number of carbonyl (C=O) groups is 2. The van der Waals surface area contributed by atoms with Crippen LogP contribution in [0, 0.1) is 0 Å². The Bertz CT molecular complexity index is 791. The van der Waals surface area contributed by atoms with Crippen molar-refractivity contribution in [2.24, 2.45) is 0 Å². The maximum atomic E-state index is 12.2. The second kappa shape index (κ2) is 7.81. The number of aliphatic hydroxyl groups excluding tert-OH is 1. The van der Waals surface area contributed by atoms with E-state index in [0.29, 0.717) is 6.54 Å². The minimum atomic E-state index is -0.906. The zero-order chi connectivity index (χ0) is 20.6. The van der Waals surface area contributed by atoms with Gasteiger partial charge in [-0.25, -0.2) is 4.79 Å². The number of urea groups is 1. The van der Waals surface area contributed by atoms with Crippen LogP contribution in [-0.4, -0.2) is 89.4 Å². The van der Waals surface area contributed by atoms with Gasteiger partial charge in [0.2, 0.25) is 6.79 Å². The summed E-state index contributed by atoms with van der Waals surface area (Å²) in [6, 6.07) is 5.59. The molecule has 158 valence electrons. The van der Waals surface area contributed by atoms with Gasteiger partial charge in [0.15, 0.2) is 11.5 Å². The number of β-amino-alcohol motifs (C(OH)–C–C–N with tert-alkyl or cyclic N) is 1. The van der Waals surface area contributed by atoms with Crippen molar-refractivity contribution >= 4 is 11.9 Å². The van der Waals surface area contributed by atoms with Crippen molar-refractivity contribution in [3.05, 3.63) is 23.8 Å². The smallest absolute Gasteiger partial charge is 0.325 e. The van der Waals surface area contributed by atoms with Crippen molar-refractivity contribution in [1.29, 1.82) is 0 Å². The number of nitrogens with one attached hydrogen (secondary N) is 1. The van der Waals surface area contributed by atoms with E-state index in [0.717, 1.165) is 49.1 Å². The molecule has 1 aromatic rings. The molecule has 9 heteroatoms. The molecular weight excluding hydrogens is 376 g/mol. The zero-order valence-corrected chi connectivity index (χ0v) is 16.9. The fourth-order valence-electron chi connectivity index (χ4n) is 3.98. The molecule has 0 aromatic heterocycles. The molecule has 9 nitrogen and oxygen atoms in total. The van der Waals surface area contributed by atoms with E-state index < -0.39 is 17.7 Å². The van der Waals surface area contributed by atoms with Gasteiger partial charge in [-0.3, -0.25) is 19.5 Å². The maximum Gasteiger partial charge on any atom is 0.325 e. The number of hydrogen-bond acceptors (Lipinski definition) is 7. The van der Waals surface area contributed by atoms with Crippen LogP contribution in [0.25, 0.3) is 0 Å². The maximum absolute atomic E-state index is 12.2. The molecule has 2 fully saturated rings. The Morgan fingerprint density at radius 3 is 2.45 bits per heavy atom. The normalized spacial score (nSPS) is 22.8. The van der Waals surface area contributed by atoms with Crippen molar-refractivity contribution in [3.63, 3.8) is 0 Å². The highest BCUT2D eigenvalue weighted by Gasteiger charge is 2.44. The number of fused-ring (bicyclic) bond motifs is 1. The van der Waals surface area contributed by atoms with Crippen molar-refractivity contribution in [2.45, 2.75) is 32.0 Å². The molecule has 3 amide bonds. The second-order valence-corrected chi connectivity index (χ2v) is 8.39. The van der Waals surface area contributed by atoms with Gasteiger partial charge in [-0.1, -0.05) is 6.07 Å². The molecule has 4 rings (SSSR count). The molecule has 0 saturated carbocycles. The van der Waals surface area contributed by atoms with Gasteiger partial charge < -0.3 is 19.9 Å². The summed E-state index contributed by atoms with van der Waals surface area (Å²) >= 11 is 0. The Kier molecular flexibility index (Phi) is 5.37. The number of rotatable bonds is 6. The Balaban J connectivity index is 1.23. The van der Waals surface area contributed by atoms with E-state index in [2.05, 4.69) is 21.2 Å². The number of aliphatic hydroxyl groups is 1. The first kappa shape index (κ1) is 19.9. The number of imide groups is 1. The summed E-state index contributed by atoms with van der Waals surface area (Å²) in [7, 11) is 0. The minimum absolute atomic E-state index is 0.0194. The van der Waals surface area contributed by atoms with E-state index in [9.17, 15) is 14.7 Å². The lowest BCUT2D eigenvalue weighted by atomic mass is 10.1. The monoisotopic (exact) mass is 404 g/mol.